The molecule has 0 amide bonds. The summed E-state index contributed by atoms with van der Waals surface area (Å²) in [6, 6.07) is 10.2. The van der Waals surface area contributed by atoms with E-state index in [9.17, 15) is 5.11 Å². The molecule has 0 spiro atoms. The smallest absolute Gasteiger partial charge is 0.0945 e. The number of rotatable bonds is 5. The van der Waals surface area contributed by atoms with Gasteiger partial charge in [-0.2, -0.15) is 0 Å². The van der Waals surface area contributed by atoms with Gasteiger partial charge in [0.15, 0.2) is 0 Å². The summed E-state index contributed by atoms with van der Waals surface area (Å²) in [6.45, 7) is 4.18. The molecule has 1 aromatic rings. The van der Waals surface area contributed by atoms with Crippen molar-refractivity contribution in [2.75, 3.05) is 20.2 Å². The standard InChI is InChI=1S/C16H25NO2/c1-3-15(16(18)13-7-5-4-6-8-13)17-11-9-14(19-2)10-12-17/h4-8,14-16,18H,3,9-12H2,1-2H3. The number of aliphatic hydroxyl groups excluding tert-OH is 1. The summed E-state index contributed by atoms with van der Waals surface area (Å²) in [5, 5.41) is 10.6. The molecule has 0 radical (unpaired) electrons. The quantitative estimate of drug-likeness (QED) is 0.886. The van der Waals surface area contributed by atoms with Crippen molar-refractivity contribution >= 4 is 0 Å². The third-order valence-corrected chi connectivity index (χ3v) is 4.20. The number of hydrogen-bond acceptors (Lipinski definition) is 3. The highest BCUT2D eigenvalue weighted by molar-refractivity contribution is 5.19. The zero-order valence-electron chi connectivity index (χ0n) is 12.0. The molecule has 3 nitrogen and oxygen atoms in total. The van der Waals surface area contributed by atoms with Gasteiger partial charge in [0.1, 0.15) is 0 Å². The first-order valence-corrected chi connectivity index (χ1v) is 7.26. The molecular weight excluding hydrogens is 238 g/mol. The van der Waals surface area contributed by atoms with Gasteiger partial charge in [0.25, 0.3) is 0 Å². The van der Waals surface area contributed by atoms with Crippen molar-refractivity contribution in [2.24, 2.45) is 0 Å². The number of hydrogen-bond donors (Lipinski definition) is 1. The highest BCUT2D eigenvalue weighted by Gasteiger charge is 2.29. The molecule has 106 valence electrons. The van der Waals surface area contributed by atoms with Gasteiger partial charge in [0.05, 0.1) is 12.2 Å². The second-order valence-corrected chi connectivity index (χ2v) is 5.30. The fraction of sp³-hybridized carbons (Fsp3) is 0.625. The first-order chi connectivity index (χ1) is 9.26. The predicted octanol–water partition coefficient (Wildman–Crippen LogP) is 2.61. The lowest BCUT2D eigenvalue weighted by molar-refractivity contribution is -0.00897. The molecule has 1 aliphatic heterocycles. The molecule has 3 heteroatoms. The van der Waals surface area contributed by atoms with Crippen molar-refractivity contribution in [1.82, 2.24) is 4.90 Å². The molecule has 19 heavy (non-hydrogen) atoms. The molecule has 1 aromatic carbocycles. The van der Waals surface area contributed by atoms with Gasteiger partial charge in [-0.3, -0.25) is 4.90 Å². The van der Waals surface area contributed by atoms with Crippen LogP contribution in [-0.4, -0.2) is 42.4 Å². The average molecular weight is 263 g/mol. The molecule has 1 N–H and O–H groups in total. The zero-order chi connectivity index (χ0) is 13.7. The second kappa shape index (κ2) is 7.04. The van der Waals surface area contributed by atoms with Crippen LogP contribution in [0.3, 0.4) is 0 Å². The largest absolute Gasteiger partial charge is 0.387 e. The van der Waals surface area contributed by atoms with Crippen molar-refractivity contribution in [3.8, 4) is 0 Å². The molecule has 1 fully saturated rings. The Morgan fingerprint density at radius 1 is 1.26 bits per heavy atom. The summed E-state index contributed by atoms with van der Waals surface area (Å²) in [7, 11) is 1.79. The number of ether oxygens (including phenoxy) is 1. The molecule has 0 bridgehead atoms. The summed E-state index contributed by atoms with van der Waals surface area (Å²) in [5.74, 6) is 0. The monoisotopic (exact) mass is 263 g/mol. The summed E-state index contributed by atoms with van der Waals surface area (Å²) in [4.78, 5) is 2.41. The molecule has 1 aliphatic rings. The Hall–Kier alpha value is -0.900. The maximum atomic E-state index is 10.6. The number of methoxy groups -OCH3 is 1. The lowest BCUT2D eigenvalue weighted by Crippen LogP contribution is -2.45. The van der Waals surface area contributed by atoms with Gasteiger partial charge < -0.3 is 9.84 Å². The number of benzene rings is 1. The Morgan fingerprint density at radius 3 is 2.42 bits per heavy atom. The Bertz CT molecular complexity index is 360. The fourth-order valence-electron chi connectivity index (χ4n) is 3.00. The van der Waals surface area contributed by atoms with E-state index < -0.39 is 6.10 Å². The van der Waals surface area contributed by atoms with Crippen molar-refractivity contribution in [3.05, 3.63) is 35.9 Å². The minimum absolute atomic E-state index is 0.209. The van der Waals surface area contributed by atoms with E-state index in [1.54, 1.807) is 7.11 Å². The van der Waals surface area contributed by atoms with Crippen LogP contribution >= 0.6 is 0 Å². The fourth-order valence-corrected chi connectivity index (χ4v) is 3.00. The van der Waals surface area contributed by atoms with Crippen LogP contribution in [-0.2, 0) is 4.74 Å². The molecule has 0 saturated carbocycles. The first kappa shape index (κ1) is 14.5. The molecule has 0 aliphatic carbocycles. The van der Waals surface area contributed by atoms with E-state index in [4.69, 9.17) is 4.74 Å². The van der Waals surface area contributed by atoms with E-state index in [1.165, 1.54) is 0 Å². The van der Waals surface area contributed by atoms with Crippen molar-refractivity contribution in [1.29, 1.82) is 0 Å². The minimum atomic E-state index is -0.398. The van der Waals surface area contributed by atoms with E-state index in [-0.39, 0.29) is 6.04 Å². The van der Waals surface area contributed by atoms with Crippen LogP contribution in [0.15, 0.2) is 30.3 Å². The number of piperidine rings is 1. The molecular formula is C16H25NO2. The van der Waals surface area contributed by atoms with E-state index in [0.29, 0.717) is 6.10 Å². The van der Waals surface area contributed by atoms with E-state index in [0.717, 1.165) is 37.9 Å². The Balaban J connectivity index is 2.00. The summed E-state index contributed by atoms with van der Waals surface area (Å²) in [6.07, 6.45) is 3.09. The lowest BCUT2D eigenvalue weighted by atomic mass is 9.96. The molecule has 2 rings (SSSR count). The van der Waals surface area contributed by atoms with Crippen LogP contribution < -0.4 is 0 Å². The normalized spacial score (nSPS) is 21.2. The number of nitrogens with zero attached hydrogens (tertiary/aromatic N) is 1. The van der Waals surface area contributed by atoms with Gasteiger partial charge in [0, 0.05) is 26.2 Å². The summed E-state index contributed by atoms with van der Waals surface area (Å²) < 4.78 is 5.41. The molecule has 1 saturated heterocycles. The van der Waals surface area contributed by atoms with Gasteiger partial charge >= 0.3 is 0 Å². The van der Waals surface area contributed by atoms with E-state index in [2.05, 4.69) is 11.8 Å². The van der Waals surface area contributed by atoms with Crippen LogP contribution in [0.5, 0.6) is 0 Å². The number of aliphatic hydroxyl groups is 1. The third kappa shape index (κ3) is 3.56. The maximum absolute atomic E-state index is 10.6. The van der Waals surface area contributed by atoms with Crippen molar-refractivity contribution in [2.45, 2.75) is 44.4 Å². The van der Waals surface area contributed by atoms with Gasteiger partial charge in [-0.25, -0.2) is 0 Å². The Labute approximate surface area is 116 Å². The van der Waals surface area contributed by atoms with Crippen LogP contribution in [0.4, 0.5) is 0 Å². The average Bonchev–Trinajstić information content (AvgIpc) is 2.49. The zero-order valence-corrected chi connectivity index (χ0v) is 12.0. The maximum Gasteiger partial charge on any atom is 0.0945 e. The SMILES string of the molecule is CCC(C(O)c1ccccc1)N1CCC(OC)CC1. The second-order valence-electron chi connectivity index (χ2n) is 5.30. The summed E-state index contributed by atoms with van der Waals surface area (Å²) >= 11 is 0. The van der Waals surface area contributed by atoms with Crippen molar-refractivity contribution < 1.29 is 9.84 Å². The van der Waals surface area contributed by atoms with Crippen molar-refractivity contribution in [3.63, 3.8) is 0 Å². The topological polar surface area (TPSA) is 32.7 Å². The van der Waals surface area contributed by atoms with Crippen LogP contribution in [0, 0.1) is 0 Å². The molecule has 1 heterocycles. The van der Waals surface area contributed by atoms with Gasteiger partial charge in [-0.05, 0) is 24.8 Å². The summed E-state index contributed by atoms with van der Waals surface area (Å²) in [5.41, 5.74) is 1.02. The highest BCUT2D eigenvalue weighted by Crippen LogP contribution is 2.26. The lowest BCUT2D eigenvalue weighted by Gasteiger charge is -2.39. The van der Waals surface area contributed by atoms with Gasteiger partial charge in [0.2, 0.25) is 0 Å². The highest BCUT2D eigenvalue weighted by atomic mass is 16.5. The predicted molar refractivity (Wildman–Crippen MR) is 77.1 cm³/mol. The molecule has 2 atom stereocenters. The van der Waals surface area contributed by atoms with Crippen LogP contribution in [0.25, 0.3) is 0 Å². The first-order valence-electron chi connectivity index (χ1n) is 7.26. The Morgan fingerprint density at radius 2 is 1.89 bits per heavy atom. The molecule has 2 unspecified atom stereocenters. The van der Waals surface area contributed by atoms with Crippen LogP contribution in [0.2, 0.25) is 0 Å². The van der Waals surface area contributed by atoms with Crippen LogP contribution in [0.1, 0.15) is 37.9 Å². The van der Waals surface area contributed by atoms with Gasteiger partial charge in [-0.15, -0.1) is 0 Å². The molecule has 0 aromatic heterocycles. The minimum Gasteiger partial charge on any atom is -0.387 e. The van der Waals surface area contributed by atoms with E-state index >= 15 is 0 Å². The Kier molecular flexibility index (Phi) is 5.37. The third-order valence-electron chi connectivity index (χ3n) is 4.20. The number of likely N-dealkylation sites (tertiary alicyclic amines) is 1. The van der Waals surface area contributed by atoms with Gasteiger partial charge in [-0.1, -0.05) is 37.3 Å². The van der Waals surface area contributed by atoms with E-state index in [1.807, 2.05) is 30.3 Å².